The van der Waals surface area contributed by atoms with E-state index >= 15 is 0 Å². The van der Waals surface area contributed by atoms with Gasteiger partial charge in [0.05, 0.1) is 35.7 Å². The first-order valence-electron chi connectivity index (χ1n) is 16.2. The summed E-state index contributed by atoms with van der Waals surface area (Å²) in [5, 5.41) is 59.5. The molecule has 1 aromatic heterocycles. The van der Waals surface area contributed by atoms with Gasteiger partial charge in [-0.25, -0.2) is 19.4 Å². The summed E-state index contributed by atoms with van der Waals surface area (Å²) in [5.74, 6) is -1.40. The highest BCUT2D eigenvalue weighted by Gasteiger charge is 2.18. The Kier molecular flexibility index (Phi) is 12.1. The van der Waals surface area contributed by atoms with E-state index in [0.29, 0.717) is 66.1 Å². The van der Waals surface area contributed by atoms with Crippen molar-refractivity contribution in [1.82, 2.24) is 15.0 Å². The zero-order valence-electron chi connectivity index (χ0n) is 28.2. The van der Waals surface area contributed by atoms with Gasteiger partial charge in [0.2, 0.25) is 17.8 Å². The van der Waals surface area contributed by atoms with Gasteiger partial charge in [-0.2, -0.15) is 25.2 Å². The van der Waals surface area contributed by atoms with Crippen LogP contribution in [0.4, 0.5) is 52.0 Å². The molecule has 0 radical (unpaired) electrons. The van der Waals surface area contributed by atoms with Crippen molar-refractivity contribution in [2.45, 2.75) is 13.2 Å². The maximum absolute atomic E-state index is 11.7. The molecule has 0 atom stereocenters. The molecule has 0 spiro atoms. The molecule has 0 aliphatic carbocycles. The maximum atomic E-state index is 11.7. The van der Waals surface area contributed by atoms with Crippen molar-refractivity contribution in [2.75, 3.05) is 41.8 Å². The van der Waals surface area contributed by atoms with Gasteiger partial charge < -0.3 is 30.5 Å². The molecule has 54 heavy (non-hydrogen) atoms. The predicted molar refractivity (Wildman–Crippen MR) is 192 cm³/mol. The van der Waals surface area contributed by atoms with Crippen molar-refractivity contribution in [2.24, 2.45) is 20.5 Å². The number of rotatable bonds is 15. The van der Waals surface area contributed by atoms with Gasteiger partial charge in [-0.05, 0) is 83.9 Å². The lowest BCUT2D eigenvalue weighted by molar-refractivity contribution is -0.253. The zero-order valence-corrected chi connectivity index (χ0v) is 28.2. The molecular weight excluding hydrogens is 704 g/mol. The first-order chi connectivity index (χ1) is 26.3. The second kappa shape index (κ2) is 17.6. The third kappa shape index (κ3) is 9.76. The Morgan fingerprint density at radius 1 is 0.648 bits per heavy atom. The normalized spacial score (nSPS) is 13.0. The summed E-state index contributed by atoms with van der Waals surface area (Å²) >= 11 is 0. The molecule has 19 nitrogen and oxygen atoms in total. The van der Waals surface area contributed by atoms with E-state index < -0.39 is 11.9 Å². The lowest BCUT2D eigenvalue weighted by Gasteiger charge is -2.27. The van der Waals surface area contributed by atoms with Gasteiger partial charge in [-0.3, -0.25) is 10.5 Å². The summed E-state index contributed by atoms with van der Waals surface area (Å²) in [6, 6.07) is 22.3. The minimum Gasteiger partial charge on any atom is -0.478 e. The number of hydrogen-bond acceptors (Lipinski definition) is 17. The van der Waals surface area contributed by atoms with E-state index in [1.807, 2.05) is 4.90 Å². The predicted octanol–water partition coefficient (Wildman–Crippen LogP) is 7.40. The zero-order chi connectivity index (χ0) is 37.9. The summed E-state index contributed by atoms with van der Waals surface area (Å²) < 4.78 is 5.49. The first kappa shape index (κ1) is 37.0. The molecule has 2 heterocycles. The maximum Gasteiger partial charge on any atom is 0.337 e. The number of azo groups is 2. The van der Waals surface area contributed by atoms with Crippen molar-refractivity contribution in [3.8, 4) is 0 Å². The van der Waals surface area contributed by atoms with Crippen molar-refractivity contribution < 1.29 is 44.8 Å². The molecule has 1 aliphatic rings. The molecule has 276 valence electrons. The summed E-state index contributed by atoms with van der Waals surface area (Å²) in [7, 11) is 0. The Morgan fingerprint density at radius 2 is 1.09 bits per heavy atom. The number of aromatic carboxylic acids is 2. The second-order valence-electron chi connectivity index (χ2n) is 11.5. The number of aromatic nitrogens is 3. The molecule has 0 saturated carbocycles. The first-order valence-corrected chi connectivity index (χ1v) is 16.2. The Morgan fingerprint density at radius 3 is 1.50 bits per heavy atom. The lowest BCUT2D eigenvalue weighted by Crippen LogP contribution is -2.37. The molecule has 19 heteroatoms. The summed E-state index contributed by atoms with van der Waals surface area (Å²) in [6.07, 6.45) is 0. The minimum absolute atomic E-state index is 0.0557. The number of ether oxygens (including phenoxy) is 1. The minimum atomic E-state index is -1.17. The highest BCUT2D eigenvalue weighted by atomic mass is 17.1. The van der Waals surface area contributed by atoms with Crippen molar-refractivity contribution in [3.63, 3.8) is 0 Å². The number of hydrogen-bond donors (Lipinski definition) is 6. The highest BCUT2D eigenvalue weighted by Crippen LogP contribution is 2.28. The standard InChI is InChI=1S/C35H32N10O9/c46-31(47)27-11-1-21(19-53-50)17-29(27)43-41-25-7-3-23(4-8-25)36-33-38-34(40-35(39-33)45-13-15-52-16-14-45)37-24-5-9-26(10-6-24)42-44-30-18-22(20-54-51)2-12-28(30)32(48)49/h1-12,17-18,50-51H,13-16,19-20H2,(H,46,47)(H,48,49)(H2,36,37,38,39,40). The number of morpholine rings is 1. The molecule has 6 rings (SSSR count). The molecule has 4 aromatic carbocycles. The van der Waals surface area contributed by atoms with Gasteiger partial charge in [0, 0.05) is 24.5 Å². The average molecular weight is 737 g/mol. The van der Waals surface area contributed by atoms with E-state index in [1.165, 1.54) is 36.4 Å². The van der Waals surface area contributed by atoms with E-state index in [9.17, 15) is 19.8 Å². The van der Waals surface area contributed by atoms with Crippen molar-refractivity contribution in [3.05, 3.63) is 107 Å². The van der Waals surface area contributed by atoms with Crippen LogP contribution in [0.15, 0.2) is 105 Å². The van der Waals surface area contributed by atoms with E-state index in [4.69, 9.17) is 15.3 Å². The van der Waals surface area contributed by atoms with Crippen molar-refractivity contribution in [1.29, 1.82) is 0 Å². The van der Waals surface area contributed by atoms with Crippen LogP contribution in [0.25, 0.3) is 0 Å². The molecule has 6 N–H and O–H groups in total. The topological polar surface area (TPSA) is 258 Å². The van der Waals surface area contributed by atoms with Crippen LogP contribution in [-0.2, 0) is 27.7 Å². The third-order valence-electron chi connectivity index (χ3n) is 7.76. The van der Waals surface area contributed by atoms with Gasteiger partial charge >= 0.3 is 11.9 Å². The molecule has 0 amide bonds. The van der Waals surface area contributed by atoms with Gasteiger partial charge in [-0.1, -0.05) is 12.1 Å². The van der Waals surface area contributed by atoms with E-state index in [2.05, 4.69) is 55.8 Å². The number of nitrogens with zero attached hydrogens (tertiary/aromatic N) is 8. The van der Waals surface area contributed by atoms with E-state index in [-0.39, 0.29) is 47.6 Å². The van der Waals surface area contributed by atoms with Crippen LogP contribution in [-0.4, -0.2) is 73.9 Å². The summed E-state index contributed by atoms with van der Waals surface area (Å²) in [5.41, 5.74) is 3.28. The second-order valence-corrected chi connectivity index (χ2v) is 11.5. The third-order valence-corrected chi connectivity index (χ3v) is 7.76. The SMILES string of the molecule is O=C(O)c1ccc(COO)cc1N=Nc1ccc(Nc2nc(Nc3ccc(N=Nc4cc(COO)ccc4C(=O)O)cc3)nc(N3CCOCC3)n2)cc1. The quantitative estimate of drug-likeness (QED) is 0.0347. The largest absolute Gasteiger partial charge is 0.478 e. The molecular formula is C35H32N10O9. The van der Waals surface area contributed by atoms with Gasteiger partial charge in [-0.15, -0.1) is 10.2 Å². The molecule has 5 aromatic rings. The molecule has 0 unspecified atom stereocenters. The van der Waals surface area contributed by atoms with Crippen molar-refractivity contribution >= 4 is 63.9 Å². The average Bonchev–Trinajstić information content (AvgIpc) is 3.18. The summed E-state index contributed by atoms with van der Waals surface area (Å²) in [6.45, 7) is 1.93. The van der Waals surface area contributed by atoms with Gasteiger partial charge in [0.1, 0.15) is 24.6 Å². The fraction of sp³-hybridized carbons (Fsp3) is 0.171. The Hall–Kier alpha value is -6.77. The van der Waals surface area contributed by atoms with Crippen LogP contribution in [0.5, 0.6) is 0 Å². The number of benzene rings is 4. The number of carbonyl (C=O) groups is 2. The van der Waals surface area contributed by atoms with Crippen LogP contribution < -0.4 is 15.5 Å². The van der Waals surface area contributed by atoms with Crippen LogP contribution >= 0.6 is 0 Å². The number of carboxylic acid groups (broad SMARTS) is 2. The van der Waals surface area contributed by atoms with Crippen LogP contribution in [0.3, 0.4) is 0 Å². The number of nitrogens with one attached hydrogen (secondary N) is 2. The summed E-state index contributed by atoms with van der Waals surface area (Å²) in [4.78, 5) is 47.4. The van der Waals surface area contributed by atoms with Gasteiger partial charge in [0.25, 0.3) is 0 Å². The Labute approximate surface area is 306 Å². The molecule has 1 saturated heterocycles. The van der Waals surface area contributed by atoms with Crippen LogP contribution in [0.1, 0.15) is 31.8 Å². The monoisotopic (exact) mass is 736 g/mol. The Bertz CT molecular complexity index is 2020. The van der Waals surface area contributed by atoms with Crippen LogP contribution in [0, 0.1) is 0 Å². The molecule has 1 fully saturated rings. The number of anilines is 5. The Balaban J connectivity index is 1.18. The van der Waals surface area contributed by atoms with E-state index in [1.54, 1.807) is 48.5 Å². The molecule has 0 bridgehead atoms. The fourth-order valence-electron chi connectivity index (χ4n) is 5.10. The van der Waals surface area contributed by atoms with Crippen LogP contribution in [0.2, 0.25) is 0 Å². The highest BCUT2D eigenvalue weighted by molar-refractivity contribution is 5.94. The fourth-order valence-corrected chi connectivity index (χ4v) is 5.10. The smallest absolute Gasteiger partial charge is 0.337 e. The number of carboxylic acids is 2. The van der Waals surface area contributed by atoms with Gasteiger partial charge in [0.15, 0.2) is 0 Å². The lowest BCUT2D eigenvalue weighted by atomic mass is 10.1. The van der Waals surface area contributed by atoms with E-state index in [0.717, 1.165) is 0 Å². The molecule has 1 aliphatic heterocycles.